The van der Waals surface area contributed by atoms with Crippen molar-refractivity contribution in [2.24, 2.45) is 0 Å². The summed E-state index contributed by atoms with van der Waals surface area (Å²) in [5.74, 6) is -1.77. The van der Waals surface area contributed by atoms with Gasteiger partial charge in [-0.15, -0.1) is 0 Å². The maximum absolute atomic E-state index is 11.6. The van der Waals surface area contributed by atoms with Crippen molar-refractivity contribution in [1.82, 2.24) is 19.9 Å². The normalized spacial score (nSPS) is 12.9. The Balaban J connectivity index is 1.91. The predicted molar refractivity (Wildman–Crippen MR) is 178 cm³/mol. The highest BCUT2D eigenvalue weighted by Crippen LogP contribution is 2.29. The molecular formula is C36H42N4O6. The van der Waals surface area contributed by atoms with Gasteiger partial charge in [0.05, 0.1) is 19.3 Å². The molecule has 0 spiro atoms. The summed E-state index contributed by atoms with van der Waals surface area (Å²) in [6.45, 7) is 14.2. The van der Waals surface area contributed by atoms with Gasteiger partial charge in [0.1, 0.15) is 0 Å². The van der Waals surface area contributed by atoms with E-state index in [1.807, 2.05) is 58.9 Å². The Kier molecular flexibility index (Phi) is 9.41. The lowest BCUT2D eigenvalue weighted by Gasteiger charge is -2.13. The molecule has 0 amide bonds. The molecule has 10 heteroatoms. The molecule has 0 aromatic carbocycles. The van der Waals surface area contributed by atoms with Gasteiger partial charge in [-0.25, -0.2) is 0 Å². The first-order chi connectivity index (χ1) is 21.9. The number of aromatic amines is 4. The maximum Gasteiger partial charge on any atom is 0.303 e. The quantitative estimate of drug-likeness (QED) is 0.119. The summed E-state index contributed by atoms with van der Waals surface area (Å²) in [4.78, 5) is 37.5. The number of fused-ring (bicyclic) bond motifs is 8. The molecule has 0 radical (unpaired) electrons. The zero-order valence-electron chi connectivity index (χ0n) is 27.0. The fraction of sp³-hybridized carbons (Fsp3) is 0.333. The Morgan fingerprint density at radius 2 is 1.28 bits per heavy atom. The molecule has 10 nitrogen and oxygen atoms in total. The lowest BCUT2D eigenvalue weighted by molar-refractivity contribution is -0.138. The second-order valence-corrected chi connectivity index (χ2v) is 11.9. The number of aliphatic hydroxyl groups is 1. The van der Waals surface area contributed by atoms with E-state index >= 15 is 0 Å². The van der Waals surface area contributed by atoms with Crippen LogP contribution >= 0.6 is 0 Å². The van der Waals surface area contributed by atoms with E-state index in [0.29, 0.717) is 12.8 Å². The van der Waals surface area contributed by atoms with Crippen molar-refractivity contribution in [1.29, 1.82) is 0 Å². The van der Waals surface area contributed by atoms with Gasteiger partial charge in [-0.05, 0) is 105 Å². The number of carboxylic acids is 2. The molecule has 4 aromatic rings. The first-order valence-electron chi connectivity index (χ1n) is 15.5. The minimum atomic E-state index is -0.887. The summed E-state index contributed by atoms with van der Waals surface area (Å²) in [6, 6.07) is 0. The summed E-state index contributed by atoms with van der Waals surface area (Å²) in [7, 11) is 0. The van der Waals surface area contributed by atoms with Crippen LogP contribution in [0.25, 0.3) is 30.4 Å². The molecule has 46 heavy (non-hydrogen) atoms. The number of ether oxygens (including phenoxy) is 1. The van der Waals surface area contributed by atoms with Crippen LogP contribution < -0.4 is 21.4 Å². The molecule has 5 heterocycles. The van der Waals surface area contributed by atoms with Gasteiger partial charge in [0.2, 0.25) is 0 Å². The lowest BCUT2D eigenvalue weighted by atomic mass is 10.0. The first kappa shape index (κ1) is 32.6. The molecular weight excluding hydrogens is 584 g/mol. The Bertz CT molecular complexity index is 2090. The molecule has 242 valence electrons. The maximum atomic E-state index is 11.6. The first-order valence-corrected chi connectivity index (χ1v) is 15.5. The van der Waals surface area contributed by atoms with E-state index in [-0.39, 0.29) is 32.2 Å². The van der Waals surface area contributed by atoms with Crippen LogP contribution in [0.4, 0.5) is 0 Å². The SMILES string of the molecule is C=Cc1c(C)c2[nH]c1=Cc1[nH]c(c(C(C)OCCO)c1C)C=c1[nH]c(c(CCC(=O)O)c1C)=Cc1[nH]c(c(C)c1CCC(=O)O)C=2. The number of hydrogen-bond donors (Lipinski definition) is 7. The number of nitrogens with one attached hydrogen (secondary N) is 4. The molecule has 0 saturated carbocycles. The standard InChI is InChI=1S/C36H42N4O6/c1-7-23-18(2)26-14-27-19(3)24(8-10-34(42)43)31(38-27)17-32-25(9-11-35(44)45)20(4)28(39-32)16-33-36(22(6)46-13-12-41)21(5)29(40-33)15-30(23)37-26/h7,14-17,22,37-41H,1,8-13H2,2-6H3,(H,42,43)(H,44,45). The topological polar surface area (TPSA) is 167 Å². The summed E-state index contributed by atoms with van der Waals surface area (Å²) in [5.41, 5.74) is 10.9. The third-order valence-electron chi connectivity index (χ3n) is 9.04. The molecule has 0 aliphatic carbocycles. The van der Waals surface area contributed by atoms with Crippen LogP contribution in [0.1, 0.15) is 93.2 Å². The van der Waals surface area contributed by atoms with E-state index in [0.717, 1.165) is 88.7 Å². The highest BCUT2D eigenvalue weighted by atomic mass is 16.5. The molecule has 1 aliphatic heterocycles. The zero-order chi connectivity index (χ0) is 33.3. The fourth-order valence-corrected chi connectivity index (χ4v) is 6.50. The van der Waals surface area contributed by atoms with Crippen LogP contribution in [0, 0.1) is 27.7 Å². The van der Waals surface area contributed by atoms with Crippen LogP contribution in [-0.4, -0.2) is 60.4 Å². The molecule has 1 aliphatic rings. The Labute approximate surface area is 266 Å². The van der Waals surface area contributed by atoms with Crippen LogP contribution in [0.5, 0.6) is 0 Å². The largest absolute Gasteiger partial charge is 0.481 e. The predicted octanol–water partition coefficient (Wildman–Crippen LogP) is 2.61. The van der Waals surface area contributed by atoms with Crippen molar-refractivity contribution in [3.05, 3.63) is 95.3 Å². The van der Waals surface area contributed by atoms with E-state index in [1.54, 1.807) is 0 Å². The van der Waals surface area contributed by atoms with Crippen molar-refractivity contribution in [2.45, 2.75) is 66.4 Å². The van der Waals surface area contributed by atoms with Crippen molar-refractivity contribution in [2.75, 3.05) is 13.2 Å². The van der Waals surface area contributed by atoms with Crippen molar-refractivity contribution in [3.63, 3.8) is 0 Å². The zero-order valence-corrected chi connectivity index (χ0v) is 27.0. The molecule has 7 N–H and O–H groups in total. The highest BCUT2D eigenvalue weighted by molar-refractivity contribution is 5.70. The number of aliphatic hydroxyl groups excluding tert-OH is 1. The number of carboxylic acid groups (broad SMARTS) is 2. The van der Waals surface area contributed by atoms with Gasteiger partial charge in [0, 0.05) is 68.1 Å². The molecule has 1 unspecified atom stereocenters. The Morgan fingerprint density at radius 3 is 1.93 bits per heavy atom. The highest BCUT2D eigenvalue weighted by Gasteiger charge is 2.20. The molecule has 4 aromatic heterocycles. The van der Waals surface area contributed by atoms with Crippen LogP contribution in [0.2, 0.25) is 0 Å². The lowest BCUT2D eigenvalue weighted by Crippen LogP contribution is -2.14. The number of rotatable bonds is 11. The minimum Gasteiger partial charge on any atom is -0.481 e. The molecule has 0 saturated heterocycles. The van der Waals surface area contributed by atoms with E-state index in [4.69, 9.17) is 4.74 Å². The number of hydrogen-bond acceptors (Lipinski definition) is 4. The van der Waals surface area contributed by atoms with Crippen LogP contribution in [0.3, 0.4) is 0 Å². The van der Waals surface area contributed by atoms with Gasteiger partial charge in [0.15, 0.2) is 0 Å². The average Bonchev–Trinajstić information content (AvgIpc) is 3.66. The van der Waals surface area contributed by atoms with Crippen molar-refractivity contribution >= 4 is 42.3 Å². The second-order valence-electron chi connectivity index (χ2n) is 11.9. The van der Waals surface area contributed by atoms with E-state index in [2.05, 4.69) is 32.6 Å². The van der Waals surface area contributed by atoms with Gasteiger partial charge >= 0.3 is 11.9 Å². The minimum absolute atomic E-state index is 0.0253. The summed E-state index contributed by atoms with van der Waals surface area (Å²) < 4.78 is 5.98. The molecule has 5 rings (SSSR count). The monoisotopic (exact) mass is 626 g/mol. The Morgan fingerprint density at radius 1 is 0.739 bits per heavy atom. The van der Waals surface area contributed by atoms with E-state index < -0.39 is 11.9 Å². The van der Waals surface area contributed by atoms with Crippen LogP contribution in [-0.2, 0) is 27.2 Å². The van der Waals surface area contributed by atoms with E-state index in [1.165, 1.54) is 0 Å². The van der Waals surface area contributed by atoms with Gasteiger partial charge in [-0.1, -0.05) is 12.7 Å². The molecule has 8 bridgehead atoms. The smallest absolute Gasteiger partial charge is 0.303 e. The third-order valence-corrected chi connectivity index (χ3v) is 9.04. The summed E-state index contributed by atoms with van der Waals surface area (Å²) in [6.07, 6.45) is 10.2. The summed E-state index contributed by atoms with van der Waals surface area (Å²) >= 11 is 0. The second kappa shape index (κ2) is 13.3. The Hall–Kier alpha value is -4.80. The van der Waals surface area contributed by atoms with Gasteiger partial charge < -0.3 is 40.0 Å². The third kappa shape index (κ3) is 6.31. The number of aliphatic carboxylic acids is 2. The van der Waals surface area contributed by atoms with Crippen molar-refractivity contribution in [3.8, 4) is 0 Å². The number of carbonyl (C=O) groups is 2. The van der Waals surface area contributed by atoms with Gasteiger partial charge in [-0.3, -0.25) is 9.59 Å². The van der Waals surface area contributed by atoms with Gasteiger partial charge in [-0.2, -0.15) is 0 Å². The molecule has 1 atom stereocenters. The average molecular weight is 627 g/mol. The van der Waals surface area contributed by atoms with E-state index in [9.17, 15) is 24.9 Å². The fourth-order valence-electron chi connectivity index (χ4n) is 6.50. The van der Waals surface area contributed by atoms with Crippen molar-refractivity contribution < 1.29 is 29.6 Å². The molecule has 0 fully saturated rings. The number of aromatic nitrogens is 4. The summed E-state index contributed by atoms with van der Waals surface area (Å²) in [5, 5.41) is 31.9. The number of H-pyrrole nitrogens is 4. The van der Waals surface area contributed by atoms with Gasteiger partial charge in [0.25, 0.3) is 0 Å². The van der Waals surface area contributed by atoms with Crippen LogP contribution in [0.15, 0.2) is 6.58 Å².